The highest BCUT2D eigenvalue weighted by Crippen LogP contribution is 2.57. The molecule has 3 aromatic carbocycles. The Hall–Kier alpha value is -5.84. The SMILES string of the molecule is C#CCCNC(=O)C1=CC=C(OC(=O)CCOCCNC(=S)Nc2ccc3c(c2)C(=O)OC32c3ccc(O)cc3Oc3cc(O)ccc32)CC1. The van der Waals surface area contributed by atoms with E-state index >= 15 is 0 Å². The van der Waals surface area contributed by atoms with Crippen LogP contribution in [0.4, 0.5) is 5.69 Å². The fourth-order valence-corrected chi connectivity index (χ4v) is 6.12. The molecule has 0 saturated carbocycles. The first-order valence-corrected chi connectivity index (χ1v) is 16.3. The lowest BCUT2D eigenvalue weighted by Crippen LogP contribution is -2.33. The van der Waals surface area contributed by atoms with Crippen molar-refractivity contribution in [2.75, 3.05) is 31.6 Å². The van der Waals surface area contributed by atoms with Gasteiger partial charge in [-0.3, -0.25) is 9.59 Å². The average Bonchev–Trinajstić information content (AvgIpc) is 3.37. The Balaban J connectivity index is 0.985. The summed E-state index contributed by atoms with van der Waals surface area (Å²) in [6.45, 7) is 1.18. The number of nitrogens with one attached hydrogen (secondary N) is 3. The number of allylic oxidation sites excluding steroid dienone is 3. The molecule has 0 unspecified atom stereocenters. The maximum Gasteiger partial charge on any atom is 0.340 e. The van der Waals surface area contributed by atoms with Crippen molar-refractivity contribution in [2.24, 2.45) is 0 Å². The Bertz CT molecular complexity index is 1930. The monoisotopic (exact) mass is 695 g/mol. The van der Waals surface area contributed by atoms with Crippen molar-refractivity contribution in [1.29, 1.82) is 0 Å². The second kappa shape index (κ2) is 14.7. The molecular weight excluding hydrogens is 662 g/mol. The summed E-state index contributed by atoms with van der Waals surface area (Å²) in [6, 6.07) is 14.3. The lowest BCUT2D eigenvalue weighted by Gasteiger charge is -2.36. The number of phenols is 2. The molecule has 0 saturated heterocycles. The summed E-state index contributed by atoms with van der Waals surface area (Å²) >= 11 is 5.43. The third-order valence-electron chi connectivity index (χ3n) is 8.22. The molecule has 1 spiro atoms. The van der Waals surface area contributed by atoms with Gasteiger partial charge in [-0.25, -0.2) is 4.79 Å². The molecule has 0 bridgehead atoms. The van der Waals surface area contributed by atoms with Crippen molar-refractivity contribution in [3.8, 4) is 35.3 Å². The second-order valence-electron chi connectivity index (χ2n) is 11.5. The van der Waals surface area contributed by atoms with Gasteiger partial charge >= 0.3 is 11.9 Å². The van der Waals surface area contributed by atoms with Gasteiger partial charge in [0.05, 0.1) is 25.2 Å². The molecule has 0 atom stereocenters. The lowest BCUT2D eigenvalue weighted by molar-refractivity contribution is -0.140. The Labute approximate surface area is 293 Å². The van der Waals surface area contributed by atoms with Crippen LogP contribution in [0.1, 0.15) is 52.7 Å². The highest BCUT2D eigenvalue weighted by Gasteiger charge is 2.53. The van der Waals surface area contributed by atoms with Crippen molar-refractivity contribution in [2.45, 2.75) is 31.3 Å². The van der Waals surface area contributed by atoms with Crippen LogP contribution in [0.2, 0.25) is 0 Å². The van der Waals surface area contributed by atoms with Crippen LogP contribution in [-0.4, -0.2) is 59.5 Å². The normalized spacial score (nSPS) is 14.7. The Morgan fingerprint density at radius 3 is 2.32 bits per heavy atom. The molecule has 6 rings (SSSR count). The molecular formula is C37H33N3O9S. The molecule has 3 aromatic rings. The number of ether oxygens (including phenoxy) is 4. The first-order chi connectivity index (χ1) is 24.2. The maximum absolute atomic E-state index is 13.3. The zero-order chi connectivity index (χ0) is 35.3. The van der Waals surface area contributed by atoms with E-state index in [4.69, 9.17) is 37.6 Å². The van der Waals surface area contributed by atoms with Gasteiger partial charge in [0.25, 0.3) is 0 Å². The van der Waals surface area contributed by atoms with Gasteiger partial charge in [-0.05, 0) is 61.1 Å². The molecule has 1 amide bonds. The second-order valence-corrected chi connectivity index (χ2v) is 12.0. The van der Waals surface area contributed by atoms with Crippen LogP contribution in [0, 0.1) is 12.3 Å². The van der Waals surface area contributed by atoms with Gasteiger partial charge in [-0.1, -0.05) is 12.1 Å². The quantitative estimate of drug-likeness (QED) is 0.0818. The number of aromatic hydroxyl groups is 2. The molecule has 1 aliphatic carbocycles. The van der Waals surface area contributed by atoms with Crippen LogP contribution in [0.5, 0.6) is 23.0 Å². The number of carbonyl (C=O) groups is 3. The van der Waals surface area contributed by atoms with E-state index in [0.717, 1.165) is 0 Å². The van der Waals surface area contributed by atoms with Gasteiger partial charge in [-0.2, -0.15) is 0 Å². The van der Waals surface area contributed by atoms with Crippen LogP contribution >= 0.6 is 12.2 Å². The number of amides is 1. The largest absolute Gasteiger partial charge is 0.508 e. The van der Waals surface area contributed by atoms with E-state index < -0.39 is 17.5 Å². The van der Waals surface area contributed by atoms with Gasteiger partial charge in [0, 0.05) is 66.0 Å². The standard InChI is InChI=1S/C37H33N3O9S/c1-2-3-15-38-34(44)22-4-9-26(10-5-22)47-33(43)14-17-46-18-16-39-36(50)40-23-6-11-28-27(19-23)35(45)49-37(28)29-12-7-24(41)20-31(29)48-32-21-25(42)8-13-30(32)37/h1,4,6-9,11-13,19-21,41-42H,3,5,10,14-18H2,(H,38,44)(H2,39,40,50). The molecule has 0 aromatic heterocycles. The highest BCUT2D eigenvalue weighted by molar-refractivity contribution is 7.80. The van der Waals surface area contributed by atoms with E-state index in [9.17, 15) is 24.6 Å². The Morgan fingerprint density at radius 2 is 1.64 bits per heavy atom. The summed E-state index contributed by atoms with van der Waals surface area (Å²) in [6.07, 6.45) is 9.88. The van der Waals surface area contributed by atoms with E-state index in [1.807, 2.05) is 0 Å². The third kappa shape index (κ3) is 7.12. The first kappa shape index (κ1) is 34.0. The van der Waals surface area contributed by atoms with Crippen LogP contribution in [-0.2, 0) is 29.4 Å². The number of hydrogen-bond acceptors (Lipinski definition) is 10. The third-order valence-corrected chi connectivity index (χ3v) is 8.46. The topological polar surface area (TPSA) is 165 Å². The predicted octanol–water partition coefficient (Wildman–Crippen LogP) is 4.65. The minimum Gasteiger partial charge on any atom is -0.508 e. The van der Waals surface area contributed by atoms with E-state index in [0.29, 0.717) is 88.2 Å². The number of rotatable bonds is 11. The molecule has 0 fully saturated rings. The van der Waals surface area contributed by atoms with Gasteiger partial charge in [0.1, 0.15) is 28.8 Å². The molecule has 2 aliphatic heterocycles. The maximum atomic E-state index is 13.3. The summed E-state index contributed by atoms with van der Waals surface area (Å²) in [5, 5.41) is 29.3. The van der Waals surface area contributed by atoms with E-state index in [-0.39, 0.29) is 37.0 Å². The highest BCUT2D eigenvalue weighted by atomic mass is 32.1. The summed E-state index contributed by atoms with van der Waals surface area (Å²) in [5.41, 5.74) is 1.74. The van der Waals surface area contributed by atoms with Crippen LogP contribution in [0.3, 0.4) is 0 Å². The summed E-state index contributed by atoms with van der Waals surface area (Å²) in [7, 11) is 0. The predicted molar refractivity (Wildman–Crippen MR) is 186 cm³/mol. The molecule has 0 radical (unpaired) electrons. The van der Waals surface area contributed by atoms with Crippen molar-refractivity contribution >= 4 is 40.9 Å². The summed E-state index contributed by atoms with van der Waals surface area (Å²) in [4.78, 5) is 37.7. The van der Waals surface area contributed by atoms with Crippen LogP contribution in [0.15, 0.2) is 78.1 Å². The van der Waals surface area contributed by atoms with Crippen LogP contribution < -0.4 is 20.7 Å². The number of carbonyl (C=O) groups excluding carboxylic acids is 3. The van der Waals surface area contributed by atoms with Crippen molar-refractivity contribution in [3.63, 3.8) is 0 Å². The Kier molecular flexibility index (Phi) is 10.0. The van der Waals surface area contributed by atoms with Gasteiger partial charge in [0.2, 0.25) is 5.91 Å². The Morgan fingerprint density at radius 1 is 0.920 bits per heavy atom. The summed E-state index contributed by atoms with van der Waals surface area (Å²) < 4.78 is 23.0. The van der Waals surface area contributed by atoms with Crippen molar-refractivity contribution in [3.05, 3.63) is 100 Å². The molecule has 256 valence electrons. The minimum absolute atomic E-state index is 0.0256. The van der Waals surface area contributed by atoms with E-state index in [1.54, 1.807) is 42.5 Å². The number of terminal acetylenes is 1. The number of thiocarbonyl (C=S) groups is 1. The number of fused-ring (bicyclic) bond motifs is 6. The van der Waals surface area contributed by atoms with E-state index in [1.165, 1.54) is 24.3 Å². The number of anilines is 1. The fourth-order valence-electron chi connectivity index (χ4n) is 5.90. The average molecular weight is 696 g/mol. The smallest absolute Gasteiger partial charge is 0.340 e. The molecule has 12 nitrogen and oxygen atoms in total. The zero-order valence-electron chi connectivity index (χ0n) is 26.7. The van der Waals surface area contributed by atoms with Gasteiger partial charge < -0.3 is 45.1 Å². The first-order valence-electron chi connectivity index (χ1n) is 15.9. The molecule has 50 heavy (non-hydrogen) atoms. The lowest BCUT2D eigenvalue weighted by atomic mass is 9.77. The van der Waals surface area contributed by atoms with Crippen molar-refractivity contribution < 1.29 is 43.5 Å². The van der Waals surface area contributed by atoms with Crippen molar-refractivity contribution in [1.82, 2.24) is 10.6 Å². The number of esters is 2. The molecule has 13 heteroatoms. The van der Waals surface area contributed by atoms with E-state index in [2.05, 4.69) is 21.9 Å². The molecule has 3 aliphatic rings. The molecule has 5 N–H and O–H groups in total. The minimum atomic E-state index is -1.35. The van der Waals surface area contributed by atoms with Gasteiger partial charge in [0.15, 0.2) is 10.7 Å². The van der Waals surface area contributed by atoms with Crippen LogP contribution in [0.25, 0.3) is 0 Å². The van der Waals surface area contributed by atoms with Gasteiger partial charge in [-0.15, -0.1) is 12.3 Å². The molecule has 2 heterocycles. The number of hydrogen-bond donors (Lipinski definition) is 5. The zero-order valence-corrected chi connectivity index (χ0v) is 27.6. The number of benzene rings is 3. The fraction of sp³-hybridized carbons (Fsp3) is 0.243. The number of phenolic OH excluding ortho intramolecular Hbond substituents is 2. The summed E-state index contributed by atoms with van der Waals surface area (Å²) in [5.74, 6) is 2.33.